The van der Waals surface area contributed by atoms with Gasteiger partial charge in [-0.3, -0.25) is 4.79 Å². The van der Waals surface area contributed by atoms with Crippen LogP contribution in [0.15, 0.2) is 0 Å². The van der Waals surface area contributed by atoms with Crippen molar-refractivity contribution < 1.29 is 4.79 Å². The van der Waals surface area contributed by atoms with Gasteiger partial charge in [-0.05, 0) is 25.3 Å². The normalized spacial score (nSPS) is 26.4. The van der Waals surface area contributed by atoms with Gasteiger partial charge >= 0.3 is 0 Å². The van der Waals surface area contributed by atoms with Crippen LogP contribution in [-0.4, -0.2) is 25.0 Å². The minimum Gasteiger partial charge on any atom is -0.352 e. The van der Waals surface area contributed by atoms with Gasteiger partial charge in [0, 0.05) is 6.04 Å². The fourth-order valence-electron chi connectivity index (χ4n) is 1.95. The van der Waals surface area contributed by atoms with Crippen LogP contribution in [0.5, 0.6) is 0 Å². The van der Waals surface area contributed by atoms with Gasteiger partial charge < -0.3 is 16.8 Å². The van der Waals surface area contributed by atoms with Crippen LogP contribution in [0, 0.1) is 5.92 Å². The van der Waals surface area contributed by atoms with E-state index in [2.05, 4.69) is 5.32 Å². The van der Waals surface area contributed by atoms with E-state index in [0.29, 0.717) is 12.5 Å². The highest BCUT2D eigenvalue weighted by molar-refractivity contribution is 5.85. The minimum atomic E-state index is -0.0645. The molecule has 5 heteroatoms. The third-order valence-corrected chi connectivity index (χ3v) is 2.74. The number of hydrogen-bond donors (Lipinski definition) is 3. The summed E-state index contributed by atoms with van der Waals surface area (Å²) in [7, 11) is 0. The molecule has 1 rings (SSSR count). The fraction of sp³-hybridized carbons (Fsp3) is 0.889. The molecule has 14 heavy (non-hydrogen) atoms. The molecule has 0 aromatic heterocycles. The van der Waals surface area contributed by atoms with E-state index in [1.54, 1.807) is 0 Å². The monoisotopic (exact) mass is 221 g/mol. The summed E-state index contributed by atoms with van der Waals surface area (Å²) in [5.74, 6) is 0.384. The predicted molar refractivity (Wildman–Crippen MR) is 59.2 cm³/mol. The first-order chi connectivity index (χ1) is 6.27. The summed E-state index contributed by atoms with van der Waals surface area (Å²) in [6, 6.07) is 0.259. The third-order valence-electron chi connectivity index (χ3n) is 2.74. The lowest BCUT2D eigenvalue weighted by Crippen LogP contribution is -2.46. The fourth-order valence-corrected chi connectivity index (χ4v) is 1.95. The van der Waals surface area contributed by atoms with Crippen LogP contribution in [-0.2, 0) is 4.79 Å². The topological polar surface area (TPSA) is 81.1 Å². The molecule has 0 heterocycles. The Bertz CT molecular complexity index is 177. The second-order valence-corrected chi connectivity index (χ2v) is 3.66. The Morgan fingerprint density at radius 2 is 1.93 bits per heavy atom. The molecular formula is C9H20ClN3O. The van der Waals surface area contributed by atoms with E-state index >= 15 is 0 Å². The number of amides is 1. The van der Waals surface area contributed by atoms with Gasteiger partial charge in [0.25, 0.3) is 0 Å². The van der Waals surface area contributed by atoms with Crippen LogP contribution < -0.4 is 16.8 Å². The first-order valence-corrected chi connectivity index (χ1v) is 4.97. The molecule has 2 atom stereocenters. The number of rotatable bonds is 3. The molecule has 0 aromatic carbocycles. The summed E-state index contributed by atoms with van der Waals surface area (Å²) in [6.45, 7) is 0.739. The second-order valence-electron chi connectivity index (χ2n) is 3.66. The van der Waals surface area contributed by atoms with Crippen molar-refractivity contribution in [3.05, 3.63) is 0 Å². The standard InChI is InChI=1S/C9H19N3O.ClH/c10-5-7-3-1-2-4-8(7)12-9(13)6-11;/h7-8H,1-6,10-11H2,(H,12,13);1H. The highest BCUT2D eigenvalue weighted by atomic mass is 35.5. The molecule has 1 saturated carbocycles. The average Bonchev–Trinajstić information content (AvgIpc) is 2.18. The van der Waals surface area contributed by atoms with E-state index in [4.69, 9.17) is 11.5 Å². The summed E-state index contributed by atoms with van der Waals surface area (Å²) < 4.78 is 0. The zero-order chi connectivity index (χ0) is 9.68. The Labute approximate surface area is 91.2 Å². The molecule has 84 valence electrons. The van der Waals surface area contributed by atoms with Gasteiger partial charge in [0.1, 0.15) is 0 Å². The van der Waals surface area contributed by atoms with Crippen LogP contribution in [0.1, 0.15) is 25.7 Å². The molecule has 1 fully saturated rings. The molecule has 0 radical (unpaired) electrons. The van der Waals surface area contributed by atoms with E-state index in [0.717, 1.165) is 12.8 Å². The van der Waals surface area contributed by atoms with Crippen molar-refractivity contribution in [2.24, 2.45) is 17.4 Å². The van der Waals surface area contributed by atoms with Gasteiger partial charge in [-0.25, -0.2) is 0 Å². The molecule has 0 bridgehead atoms. The lowest BCUT2D eigenvalue weighted by atomic mass is 9.84. The van der Waals surface area contributed by atoms with Crippen molar-refractivity contribution in [2.45, 2.75) is 31.7 Å². The Balaban J connectivity index is 0.00000169. The largest absolute Gasteiger partial charge is 0.352 e. The quantitative estimate of drug-likeness (QED) is 0.628. The number of nitrogens with two attached hydrogens (primary N) is 2. The van der Waals surface area contributed by atoms with Gasteiger partial charge in [0.15, 0.2) is 0 Å². The van der Waals surface area contributed by atoms with Gasteiger partial charge in [-0.15, -0.1) is 12.4 Å². The molecule has 1 aliphatic carbocycles. The Hall–Kier alpha value is -0.320. The van der Waals surface area contributed by atoms with Crippen molar-refractivity contribution in [3.8, 4) is 0 Å². The average molecular weight is 222 g/mol. The number of carbonyl (C=O) groups excluding carboxylic acids is 1. The van der Waals surface area contributed by atoms with Crippen LogP contribution in [0.2, 0.25) is 0 Å². The maximum absolute atomic E-state index is 11.1. The van der Waals surface area contributed by atoms with E-state index in [9.17, 15) is 4.79 Å². The molecule has 4 nitrogen and oxygen atoms in total. The van der Waals surface area contributed by atoms with E-state index in [1.165, 1.54) is 12.8 Å². The second kappa shape index (κ2) is 7.04. The SMILES string of the molecule is Cl.NCC(=O)NC1CCCCC1CN. The van der Waals surface area contributed by atoms with Crippen molar-refractivity contribution in [3.63, 3.8) is 0 Å². The van der Waals surface area contributed by atoms with E-state index < -0.39 is 0 Å². The first-order valence-electron chi connectivity index (χ1n) is 4.97. The van der Waals surface area contributed by atoms with Crippen molar-refractivity contribution in [2.75, 3.05) is 13.1 Å². The van der Waals surface area contributed by atoms with Crippen molar-refractivity contribution in [1.82, 2.24) is 5.32 Å². The molecule has 1 amide bonds. The van der Waals surface area contributed by atoms with Gasteiger partial charge in [0.05, 0.1) is 6.54 Å². The summed E-state index contributed by atoms with van der Waals surface area (Å²) in [6.07, 6.45) is 4.60. The number of hydrogen-bond acceptors (Lipinski definition) is 3. The maximum Gasteiger partial charge on any atom is 0.233 e. The lowest BCUT2D eigenvalue weighted by molar-refractivity contribution is -0.121. The highest BCUT2D eigenvalue weighted by Crippen LogP contribution is 2.23. The van der Waals surface area contributed by atoms with Crippen LogP contribution in [0.25, 0.3) is 0 Å². The van der Waals surface area contributed by atoms with Gasteiger partial charge in [-0.1, -0.05) is 12.8 Å². The van der Waals surface area contributed by atoms with Crippen molar-refractivity contribution >= 4 is 18.3 Å². The molecule has 5 N–H and O–H groups in total. The summed E-state index contributed by atoms with van der Waals surface area (Å²) >= 11 is 0. The number of halogens is 1. The molecular weight excluding hydrogens is 202 g/mol. The first kappa shape index (κ1) is 13.7. The predicted octanol–water partition coefficient (Wildman–Crippen LogP) is 0.000600. The number of carbonyl (C=O) groups is 1. The summed E-state index contributed by atoms with van der Waals surface area (Å²) in [5, 5.41) is 2.93. The number of nitrogens with one attached hydrogen (secondary N) is 1. The smallest absolute Gasteiger partial charge is 0.233 e. The van der Waals surface area contributed by atoms with Crippen molar-refractivity contribution in [1.29, 1.82) is 0 Å². The van der Waals surface area contributed by atoms with E-state index in [-0.39, 0.29) is 30.9 Å². The molecule has 1 aliphatic rings. The van der Waals surface area contributed by atoms with Crippen LogP contribution >= 0.6 is 12.4 Å². The zero-order valence-electron chi connectivity index (χ0n) is 8.37. The highest BCUT2D eigenvalue weighted by Gasteiger charge is 2.24. The zero-order valence-corrected chi connectivity index (χ0v) is 9.19. The Kier molecular flexibility index (Phi) is 6.87. The Morgan fingerprint density at radius 1 is 1.29 bits per heavy atom. The van der Waals surface area contributed by atoms with Gasteiger partial charge in [-0.2, -0.15) is 0 Å². The van der Waals surface area contributed by atoms with E-state index in [1.807, 2.05) is 0 Å². The maximum atomic E-state index is 11.1. The third kappa shape index (κ3) is 3.82. The van der Waals surface area contributed by atoms with Crippen LogP contribution in [0.3, 0.4) is 0 Å². The molecule has 0 spiro atoms. The lowest BCUT2D eigenvalue weighted by Gasteiger charge is -2.31. The summed E-state index contributed by atoms with van der Waals surface area (Å²) in [5.41, 5.74) is 10.9. The van der Waals surface area contributed by atoms with Crippen LogP contribution in [0.4, 0.5) is 0 Å². The Morgan fingerprint density at radius 3 is 2.50 bits per heavy atom. The molecule has 0 saturated heterocycles. The molecule has 2 unspecified atom stereocenters. The summed E-state index contributed by atoms with van der Waals surface area (Å²) in [4.78, 5) is 11.1. The van der Waals surface area contributed by atoms with Gasteiger partial charge in [0.2, 0.25) is 5.91 Å². The molecule has 0 aliphatic heterocycles. The minimum absolute atomic E-state index is 0. The molecule has 0 aromatic rings.